The van der Waals surface area contributed by atoms with E-state index in [1.165, 1.54) is 4.52 Å². The van der Waals surface area contributed by atoms with Gasteiger partial charge in [-0.15, -0.1) is 11.8 Å². The van der Waals surface area contributed by atoms with Crippen molar-refractivity contribution < 1.29 is 9.53 Å². The highest BCUT2D eigenvalue weighted by atomic mass is 32.2. The van der Waals surface area contributed by atoms with Crippen molar-refractivity contribution in [2.75, 3.05) is 11.9 Å². The van der Waals surface area contributed by atoms with Gasteiger partial charge in [-0.3, -0.25) is 14.3 Å². The van der Waals surface area contributed by atoms with Crippen molar-refractivity contribution in [3.63, 3.8) is 0 Å². The van der Waals surface area contributed by atoms with Crippen molar-refractivity contribution in [2.24, 2.45) is 0 Å². The molecule has 0 aliphatic carbocycles. The van der Waals surface area contributed by atoms with Crippen molar-refractivity contribution in [1.29, 1.82) is 0 Å². The molecule has 0 spiro atoms. The number of benzene rings is 2. The van der Waals surface area contributed by atoms with Crippen LogP contribution >= 0.6 is 11.8 Å². The average molecular weight is 464 g/mol. The molecule has 0 bridgehead atoms. The molecule has 0 aliphatic rings. The lowest BCUT2D eigenvalue weighted by Crippen LogP contribution is -2.22. The van der Waals surface area contributed by atoms with Crippen LogP contribution in [0.2, 0.25) is 0 Å². The number of hydrogen-bond donors (Lipinski definition) is 1. The average Bonchev–Trinajstić information content (AvgIpc) is 3.24. The fraction of sp³-hybridized carbons (Fsp3) is 0.250. The number of anilines is 1. The minimum atomic E-state index is -0.183. The Morgan fingerprint density at radius 1 is 1.12 bits per heavy atom. The SMILES string of the molecule is CCOc1ccc(C(=O)Nc2ccc(SCc3cc(=O)n4c(ncn4C(C)C)n3)cc2)cc1. The van der Waals surface area contributed by atoms with Gasteiger partial charge in [-0.1, -0.05) is 0 Å². The molecule has 0 saturated carbocycles. The predicted molar refractivity (Wildman–Crippen MR) is 129 cm³/mol. The molecule has 33 heavy (non-hydrogen) atoms. The van der Waals surface area contributed by atoms with Gasteiger partial charge in [0.25, 0.3) is 17.2 Å². The number of amides is 1. The molecule has 170 valence electrons. The molecule has 2 aromatic heterocycles. The zero-order chi connectivity index (χ0) is 23.4. The second-order valence-corrected chi connectivity index (χ2v) is 8.69. The molecule has 0 fully saturated rings. The summed E-state index contributed by atoms with van der Waals surface area (Å²) >= 11 is 1.56. The smallest absolute Gasteiger partial charge is 0.274 e. The molecule has 0 radical (unpaired) electrons. The Kier molecular flexibility index (Phi) is 6.79. The first-order chi connectivity index (χ1) is 15.9. The molecule has 9 heteroatoms. The Morgan fingerprint density at radius 2 is 1.85 bits per heavy atom. The Hall–Kier alpha value is -3.59. The molecule has 8 nitrogen and oxygen atoms in total. The molecule has 2 aromatic carbocycles. The van der Waals surface area contributed by atoms with Gasteiger partial charge >= 0.3 is 0 Å². The van der Waals surface area contributed by atoms with Crippen LogP contribution < -0.4 is 15.6 Å². The summed E-state index contributed by atoms with van der Waals surface area (Å²) in [5.41, 5.74) is 1.79. The van der Waals surface area contributed by atoms with Gasteiger partial charge in [0.15, 0.2) is 0 Å². The maximum atomic E-state index is 12.5. The minimum absolute atomic E-state index is 0.114. The first-order valence-electron chi connectivity index (χ1n) is 10.7. The van der Waals surface area contributed by atoms with Crippen molar-refractivity contribution in [1.82, 2.24) is 19.2 Å². The third-order valence-electron chi connectivity index (χ3n) is 4.91. The fourth-order valence-electron chi connectivity index (χ4n) is 3.28. The van der Waals surface area contributed by atoms with Gasteiger partial charge in [0.1, 0.15) is 12.1 Å². The molecule has 0 aliphatic heterocycles. The molecular weight excluding hydrogens is 438 g/mol. The van der Waals surface area contributed by atoms with E-state index in [2.05, 4.69) is 15.3 Å². The van der Waals surface area contributed by atoms with Gasteiger partial charge < -0.3 is 10.1 Å². The van der Waals surface area contributed by atoms with Crippen LogP contribution in [0.3, 0.4) is 0 Å². The number of thioether (sulfide) groups is 1. The second-order valence-electron chi connectivity index (χ2n) is 7.64. The highest BCUT2D eigenvalue weighted by Crippen LogP contribution is 2.24. The van der Waals surface area contributed by atoms with E-state index in [1.807, 2.05) is 45.0 Å². The highest BCUT2D eigenvalue weighted by Gasteiger charge is 2.11. The van der Waals surface area contributed by atoms with E-state index in [-0.39, 0.29) is 17.5 Å². The van der Waals surface area contributed by atoms with Crippen LogP contribution in [0.5, 0.6) is 5.75 Å². The summed E-state index contributed by atoms with van der Waals surface area (Å²) in [7, 11) is 0. The summed E-state index contributed by atoms with van der Waals surface area (Å²) in [5, 5.41) is 2.89. The number of nitrogens with zero attached hydrogens (tertiary/aromatic N) is 4. The summed E-state index contributed by atoms with van der Waals surface area (Å²) < 4.78 is 8.66. The predicted octanol–water partition coefficient (Wildman–Crippen LogP) is 4.42. The normalized spacial score (nSPS) is 11.2. The number of ether oxygens (including phenoxy) is 1. The number of carbonyl (C=O) groups excluding carboxylic acids is 1. The Labute approximate surface area is 195 Å². The quantitative estimate of drug-likeness (QED) is 0.389. The number of nitrogens with one attached hydrogen (secondary N) is 1. The topological polar surface area (TPSA) is 90.5 Å². The lowest BCUT2D eigenvalue weighted by molar-refractivity contribution is 0.102. The summed E-state index contributed by atoms with van der Waals surface area (Å²) in [6.45, 7) is 6.48. The summed E-state index contributed by atoms with van der Waals surface area (Å²) in [4.78, 5) is 34.7. The number of hydrogen-bond acceptors (Lipinski definition) is 6. The highest BCUT2D eigenvalue weighted by molar-refractivity contribution is 7.98. The number of carbonyl (C=O) groups is 1. The van der Waals surface area contributed by atoms with Crippen LogP contribution in [-0.2, 0) is 5.75 Å². The van der Waals surface area contributed by atoms with Crippen molar-refractivity contribution in [3.05, 3.63) is 82.5 Å². The third-order valence-corrected chi connectivity index (χ3v) is 5.96. The van der Waals surface area contributed by atoms with Gasteiger partial charge in [-0.25, -0.2) is 4.98 Å². The first-order valence-corrected chi connectivity index (χ1v) is 11.7. The minimum Gasteiger partial charge on any atom is -0.494 e. The van der Waals surface area contributed by atoms with Crippen LogP contribution in [0, 0.1) is 0 Å². The monoisotopic (exact) mass is 463 g/mol. The largest absolute Gasteiger partial charge is 0.494 e. The van der Waals surface area contributed by atoms with Crippen LogP contribution in [0.4, 0.5) is 5.69 Å². The number of rotatable bonds is 8. The molecular formula is C24H25N5O3S. The molecule has 1 amide bonds. The van der Waals surface area contributed by atoms with E-state index >= 15 is 0 Å². The number of fused-ring (bicyclic) bond motifs is 1. The van der Waals surface area contributed by atoms with Gasteiger partial charge in [-0.05, 0) is 69.3 Å². The zero-order valence-electron chi connectivity index (χ0n) is 18.7. The molecule has 0 unspecified atom stereocenters. The molecule has 0 saturated heterocycles. The van der Waals surface area contributed by atoms with Gasteiger partial charge in [0.05, 0.1) is 12.3 Å². The summed E-state index contributed by atoms with van der Waals surface area (Å²) in [6.07, 6.45) is 1.63. The van der Waals surface area contributed by atoms with E-state index in [9.17, 15) is 9.59 Å². The lowest BCUT2D eigenvalue weighted by Gasteiger charge is -2.09. The Bertz CT molecular complexity index is 1310. The fourth-order valence-corrected chi connectivity index (χ4v) is 4.07. The number of aromatic nitrogens is 4. The van der Waals surface area contributed by atoms with Crippen LogP contribution in [0.25, 0.3) is 5.78 Å². The lowest BCUT2D eigenvalue weighted by atomic mass is 10.2. The van der Waals surface area contributed by atoms with Crippen molar-refractivity contribution >= 4 is 29.1 Å². The zero-order valence-corrected chi connectivity index (χ0v) is 19.5. The van der Waals surface area contributed by atoms with Gasteiger partial charge in [-0.2, -0.15) is 9.50 Å². The molecule has 4 rings (SSSR count). The Balaban J connectivity index is 1.38. The van der Waals surface area contributed by atoms with Crippen LogP contribution in [0.15, 0.2) is 70.6 Å². The van der Waals surface area contributed by atoms with Gasteiger partial charge in [0.2, 0.25) is 0 Å². The summed E-state index contributed by atoms with van der Waals surface area (Å²) in [6, 6.07) is 16.3. The molecule has 4 aromatic rings. The van der Waals surface area contributed by atoms with Crippen LogP contribution in [-0.4, -0.2) is 31.7 Å². The first kappa shape index (κ1) is 22.6. The molecule has 0 atom stereocenters. The molecule has 1 N–H and O–H groups in total. The maximum Gasteiger partial charge on any atom is 0.274 e. The van der Waals surface area contributed by atoms with E-state index in [1.54, 1.807) is 53.1 Å². The Morgan fingerprint density at radius 3 is 2.52 bits per heavy atom. The third kappa shape index (κ3) is 5.25. The van der Waals surface area contributed by atoms with E-state index in [4.69, 9.17) is 4.74 Å². The maximum absolute atomic E-state index is 12.5. The van der Waals surface area contributed by atoms with E-state index in [0.717, 1.165) is 10.6 Å². The molecule has 2 heterocycles. The standard InChI is InChI=1S/C24H25N5O3S/c1-4-32-20-9-5-17(6-10-20)23(31)26-18-7-11-21(12-8-18)33-14-19-13-22(30)29-24(27-19)25-15-28(29)16(2)3/h5-13,15-16H,4,14H2,1-3H3,(H,26,31). The van der Waals surface area contributed by atoms with E-state index in [0.29, 0.717) is 35.1 Å². The second kappa shape index (κ2) is 9.91. The van der Waals surface area contributed by atoms with Gasteiger partial charge in [0, 0.05) is 34.0 Å². The van der Waals surface area contributed by atoms with Crippen molar-refractivity contribution in [3.8, 4) is 5.75 Å². The van der Waals surface area contributed by atoms with Crippen molar-refractivity contribution in [2.45, 2.75) is 37.5 Å². The van der Waals surface area contributed by atoms with E-state index < -0.39 is 0 Å². The summed E-state index contributed by atoms with van der Waals surface area (Å²) in [5.74, 6) is 1.49. The van der Waals surface area contributed by atoms with Crippen LogP contribution in [0.1, 0.15) is 42.9 Å².